The molecule has 0 fully saturated rings. The predicted octanol–water partition coefficient (Wildman–Crippen LogP) is 4.58. The molecular formula is C25H49NO5. The molecule has 1 N–H and O–H groups in total. The Morgan fingerprint density at radius 3 is 2.13 bits per heavy atom. The van der Waals surface area contributed by atoms with Crippen LogP contribution in [0.1, 0.15) is 86.5 Å². The highest BCUT2D eigenvalue weighted by atomic mass is 16.5. The maximum atomic E-state index is 12.3. The van der Waals surface area contributed by atoms with Crippen LogP contribution in [0, 0.1) is 11.8 Å². The predicted molar refractivity (Wildman–Crippen MR) is 127 cm³/mol. The standard InChI is InChI=1S/C25H49NO5/c1-20(2)25(28)19-30-15-9-7-8-14-26-23(6)13-12-22(5)24(27)11-10-16-29-17-18-31-21(3)4/h20-23,26H,7-19H2,1-6H3. The molecule has 6 nitrogen and oxygen atoms in total. The molecule has 0 bridgehead atoms. The van der Waals surface area contributed by atoms with Gasteiger partial charge in [0.25, 0.3) is 0 Å². The molecule has 0 rings (SSSR count). The van der Waals surface area contributed by atoms with Crippen LogP contribution in [0.2, 0.25) is 0 Å². The number of hydrogen-bond donors (Lipinski definition) is 1. The Kier molecular flexibility index (Phi) is 19.3. The summed E-state index contributed by atoms with van der Waals surface area (Å²) in [5, 5.41) is 3.54. The van der Waals surface area contributed by atoms with E-state index in [1.807, 2.05) is 34.6 Å². The van der Waals surface area contributed by atoms with Crippen molar-refractivity contribution in [1.82, 2.24) is 5.32 Å². The van der Waals surface area contributed by atoms with Crippen molar-refractivity contribution < 1.29 is 23.8 Å². The molecule has 0 aliphatic rings. The van der Waals surface area contributed by atoms with Gasteiger partial charge in [-0.1, -0.05) is 20.8 Å². The lowest BCUT2D eigenvalue weighted by atomic mass is 9.95. The molecule has 0 aliphatic heterocycles. The average Bonchev–Trinajstić information content (AvgIpc) is 2.72. The third-order valence-corrected chi connectivity index (χ3v) is 5.32. The Labute approximate surface area is 191 Å². The van der Waals surface area contributed by atoms with Gasteiger partial charge in [-0.05, 0) is 65.8 Å². The molecule has 6 heteroatoms. The van der Waals surface area contributed by atoms with E-state index in [0.717, 1.165) is 45.1 Å². The van der Waals surface area contributed by atoms with Crippen LogP contribution in [0.5, 0.6) is 0 Å². The Hall–Kier alpha value is -0.820. The van der Waals surface area contributed by atoms with E-state index in [0.29, 0.717) is 44.7 Å². The van der Waals surface area contributed by atoms with Gasteiger partial charge in [-0.15, -0.1) is 0 Å². The summed E-state index contributed by atoms with van der Waals surface area (Å²) in [5.41, 5.74) is 0. The first-order chi connectivity index (χ1) is 14.7. The third-order valence-electron chi connectivity index (χ3n) is 5.32. The van der Waals surface area contributed by atoms with E-state index >= 15 is 0 Å². The minimum absolute atomic E-state index is 0.0534. The number of Topliss-reactive ketones (excluding diaryl/α,β-unsaturated/α-hetero) is 2. The van der Waals surface area contributed by atoms with Gasteiger partial charge in [0.15, 0.2) is 5.78 Å². The van der Waals surface area contributed by atoms with Crippen molar-refractivity contribution in [1.29, 1.82) is 0 Å². The summed E-state index contributed by atoms with van der Waals surface area (Å²) in [6.45, 7) is 15.7. The van der Waals surface area contributed by atoms with Gasteiger partial charge < -0.3 is 19.5 Å². The minimum atomic E-state index is 0.0534. The van der Waals surface area contributed by atoms with Crippen LogP contribution >= 0.6 is 0 Å². The van der Waals surface area contributed by atoms with Gasteiger partial charge in [-0.3, -0.25) is 9.59 Å². The Bertz CT molecular complexity index is 453. The van der Waals surface area contributed by atoms with Gasteiger partial charge in [0, 0.05) is 37.5 Å². The van der Waals surface area contributed by atoms with Crippen molar-refractivity contribution in [2.75, 3.05) is 39.6 Å². The van der Waals surface area contributed by atoms with E-state index in [1.54, 1.807) is 0 Å². The molecule has 0 aliphatic carbocycles. The lowest BCUT2D eigenvalue weighted by Crippen LogP contribution is -2.28. The van der Waals surface area contributed by atoms with Gasteiger partial charge in [0.05, 0.1) is 19.3 Å². The number of unbranched alkanes of at least 4 members (excludes halogenated alkanes) is 2. The zero-order valence-corrected chi connectivity index (χ0v) is 21.0. The van der Waals surface area contributed by atoms with Crippen LogP contribution in [0.25, 0.3) is 0 Å². The second-order valence-corrected chi connectivity index (χ2v) is 9.17. The molecule has 0 radical (unpaired) electrons. The van der Waals surface area contributed by atoms with Crippen molar-refractivity contribution in [3.63, 3.8) is 0 Å². The number of ketones is 2. The molecule has 0 aromatic rings. The zero-order chi connectivity index (χ0) is 23.5. The lowest BCUT2D eigenvalue weighted by molar-refractivity contribution is -0.126. The molecule has 0 saturated carbocycles. The molecule has 0 heterocycles. The molecule has 2 atom stereocenters. The molecule has 184 valence electrons. The van der Waals surface area contributed by atoms with Gasteiger partial charge in [0.2, 0.25) is 0 Å². The molecule has 0 aromatic carbocycles. The molecular weight excluding hydrogens is 394 g/mol. The van der Waals surface area contributed by atoms with Crippen LogP contribution in [-0.4, -0.2) is 63.3 Å². The normalized spacial score (nSPS) is 13.7. The second kappa shape index (κ2) is 19.8. The summed E-state index contributed by atoms with van der Waals surface area (Å²) >= 11 is 0. The Balaban J connectivity index is 3.55. The smallest absolute Gasteiger partial charge is 0.160 e. The highest BCUT2D eigenvalue weighted by molar-refractivity contribution is 5.81. The molecule has 0 spiro atoms. The fourth-order valence-corrected chi connectivity index (χ4v) is 3.00. The fraction of sp³-hybridized carbons (Fsp3) is 0.920. The van der Waals surface area contributed by atoms with Gasteiger partial charge in [-0.2, -0.15) is 0 Å². The Morgan fingerprint density at radius 2 is 1.45 bits per heavy atom. The first-order valence-electron chi connectivity index (χ1n) is 12.3. The van der Waals surface area contributed by atoms with E-state index in [1.165, 1.54) is 0 Å². The number of carbonyl (C=O) groups excluding carboxylic acids is 2. The van der Waals surface area contributed by atoms with Gasteiger partial charge in [-0.25, -0.2) is 0 Å². The number of rotatable bonds is 22. The summed E-state index contributed by atoms with van der Waals surface area (Å²) < 4.78 is 16.3. The van der Waals surface area contributed by atoms with E-state index in [-0.39, 0.29) is 30.3 Å². The van der Waals surface area contributed by atoms with Gasteiger partial charge in [0.1, 0.15) is 12.4 Å². The molecule has 31 heavy (non-hydrogen) atoms. The fourth-order valence-electron chi connectivity index (χ4n) is 3.00. The first kappa shape index (κ1) is 30.2. The van der Waals surface area contributed by atoms with Crippen LogP contribution in [0.4, 0.5) is 0 Å². The van der Waals surface area contributed by atoms with E-state index in [4.69, 9.17) is 14.2 Å². The van der Waals surface area contributed by atoms with Crippen molar-refractivity contribution in [3.8, 4) is 0 Å². The largest absolute Gasteiger partial charge is 0.379 e. The maximum absolute atomic E-state index is 12.3. The minimum Gasteiger partial charge on any atom is -0.379 e. The second-order valence-electron chi connectivity index (χ2n) is 9.17. The molecule has 0 saturated heterocycles. The monoisotopic (exact) mass is 443 g/mol. The summed E-state index contributed by atoms with van der Waals surface area (Å²) in [6, 6.07) is 0.416. The number of nitrogens with one attached hydrogen (secondary N) is 1. The van der Waals surface area contributed by atoms with Crippen molar-refractivity contribution >= 4 is 11.6 Å². The van der Waals surface area contributed by atoms with Crippen LogP contribution in [0.3, 0.4) is 0 Å². The van der Waals surface area contributed by atoms with Crippen molar-refractivity contribution in [2.45, 2.75) is 98.6 Å². The van der Waals surface area contributed by atoms with E-state index in [9.17, 15) is 9.59 Å². The SMILES string of the molecule is CC(CCC(C)C(=O)CCCOCCOC(C)C)NCCCCCOCC(=O)C(C)C. The quantitative estimate of drug-likeness (QED) is 0.247. The number of hydrogen-bond acceptors (Lipinski definition) is 6. The summed E-state index contributed by atoms with van der Waals surface area (Å²) in [6.07, 6.45) is 6.73. The first-order valence-corrected chi connectivity index (χ1v) is 12.3. The lowest BCUT2D eigenvalue weighted by Gasteiger charge is -2.16. The molecule has 0 amide bonds. The van der Waals surface area contributed by atoms with Crippen LogP contribution < -0.4 is 5.32 Å². The summed E-state index contributed by atoms with van der Waals surface area (Å²) in [7, 11) is 0. The number of carbonyl (C=O) groups is 2. The zero-order valence-electron chi connectivity index (χ0n) is 21.0. The highest BCUT2D eigenvalue weighted by Gasteiger charge is 2.14. The number of ether oxygens (including phenoxy) is 3. The Morgan fingerprint density at radius 1 is 0.742 bits per heavy atom. The van der Waals surface area contributed by atoms with E-state index < -0.39 is 0 Å². The molecule has 0 aromatic heterocycles. The van der Waals surface area contributed by atoms with Crippen LogP contribution in [-0.2, 0) is 23.8 Å². The van der Waals surface area contributed by atoms with Gasteiger partial charge >= 0.3 is 0 Å². The average molecular weight is 444 g/mol. The third kappa shape index (κ3) is 19.6. The van der Waals surface area contributed by atoms with E-state index in [2.05, 4.69) is 12.2 Å². The topological polar surface area (TPSA) is 73.9 Å². The van der Waals surface area contributed by atoms with Crippen molar-refractivity contribution in [2.24, 2.45) is 11.8 Å². The van der Waals surface area contributed by atoms with Crippen LogP contribution in [0.15, 0.2) is 0 Å². The summed E-state index contributed by atoms with van der Waals surface area (Å²) in [4.78, 5) is 23.7. The summed E-state index contributed by atoms with van der Waals surface area (Å²) in [5.74, 6) is 0.672. The van der Waals surface area contributed by atoms with Crippen molar-refractivity contribution in [3.05, 3.63) is 0 Å². The molecule has 2 unspecified atom stereocenters. The maximum Gasteiger partial charge on any atom is 0.160 e. The highest BCUT2D eigenvalue weighted by Crippen LogP contribution is 2.12.